The molecular formula is C15H20N2O3. The lowest BCUT2D eigenvalue weighted by molar-refractivity contribution is -0.114. The van der Waals surface area contributed by atoms with E-state index in [2.05, 4.69) is 5.32 Å². The number of carbonyl (C=O) groups excluding carboxylic acids is 2. The number of ether oxygens (including phenoxy) is 1. The molecule has 20 heavy (non-hydrogen) atoms. The van der Waals surface area contributed by atoms with Crippen molar-refractivity contribution in [3.05, 3.63) is 29.8 Å². The number of nitrogens with one attached hydrogen (secondary N) is 1. The third kappa shape index (κ3) is 3.10. The Hall–Kier alpha value is -2.04. The van der Waals surface area contributed by atoms with E-state index in [4.69, 9.17) is 4.74 Å². The van der Waals surface area contributed by atoms with Crippen LogP contribution in [0.1, 0.15) is 39.4 Å². The first-order valence-corrected chi connectivity index (χ1v) is 6.63. The number of hydrogen-bond acceptors (Lipinski definition) is 3. The second-order valence-electron chi connectivity index (χ2n) is 5.96. The first-order valence-electron chi connectivity index (χ1n) is 6.63. The molecule has 1 unspecified atom stereocenters. The third-order valence-electron chi connectivity index (χ3n) is 3.22. The summed E-state index contributed by atoms with van der Waals surface area (Å²) in [6.07, 6.45) is -0.540. The van der Waals surface area contributed by atoms with Crippen LogP contribution in [0.2, 0.25) is 0 Å². The molecule has 1 heterocycles. The van der Waals surface area contributed by atoms with Gasteiger partial charge in [0.1, 0.15) is 6.10 Å². The zero-order valence-corrected chi connectivity index (χ0v) is 12.3. The van der Waals surface area contributed by atoms with Crippen LogP contribution >= 0.6 is 0 Å². The SMILES string of the molecule is CC(=O)Nc1ccc(C2CN(C(C)(C)C)C(=O)O2)cc1. The largest absolute Gasteiger partial charge is 0.439 e. The lowest BCUT2D eigenvalue weighted by Gasteiger charge is -2.29. The van der Waals surface area contributed by atoms with Crippen molar-refractivity contribution in [1.29, 1.82) is 0 Å². The molecule has 1 N–H and O–H groups in total. The summed E-state index contributed by atoms with van der Waals surface area (Å²) in [5.41, 5.74) is 1.42. The number of amides is 2. The predicted octanol–water partition coefficient (Wildman–Crippen LogP) is 2.94. The Morgan fingerprint density at radius 1 is 1.30 bits per heavy atom. The van der Waals surface area contributed by atoms with Gasteiger partial charge in [0, 0.05) is 18.2 Å². The van der Waals surface area contributed by atoms with Gasteiger partial charge >= 0.3 is 6.09 Å². The number of cyclic esters (lactones) is 1. The van der Waals surface area contributed by atoms with E-state index in [1.54, 1.807) is 4.90 Å². The smallest absolute Gasteiger partial charge is 0.411 e. The fourth-order valence-corrected chi connectivity index (χ4v) is 2.17. The van der Waals surface area contributed by atoms with Gasteiger partial charge in [0.25, 0.3) is 0 Å². The Kier molecular flexibility index (Phi) is 3.70. The Morgan fingerprint density at radius 3 is 2.35 bits per heavy atom. The van der Waals surface area contributed by atoms with E-state index in [1.165, 1.54) is 6.92 Å². The zero-order valence-electron chi connectivity index (χ0n) is 12.3. The van der Waals surface area contributed by atoms with Crippen molar-refractivity contribution < 1.29 is 14.3 Å². The molecular weight excluding hydrogens is 256 g/mol. The lowest BCUT2D eigenvalue weighted by Crippen LogP contribution is -2.41. The molecule has 2 rings (SSSR count). The molecule has 1 fully saturated rings. The molecule has 0 saturated carbocycles. The zero-order chi connectivity index (χ0) is 14.9. The highest BCUT2D eigenvalue weighted by atomic mass is 16.6. The van der Waals surface area contributed by atoms with E-state index in [9.17, 15) is 9.59 Å². The van der Waals surface area contributed by atoms with Crippen molar-refractivity contribution in [2.24, 2.45) is 0 Å². The second-order valence-corrected chi connectivity index (χ2v) is 5.96. The Balaban J connectivity index is 2.10. The second kappa shape index (κ2) is 5.15. The van der Waals surface area contributed by atoms with E-state index < -0.39 is 0 Å². The molecule has 1 aliphatic heterocycles. The molecule has 1 aromatic rings. The van der Waals surface area contributed by atoms with Gasteiger partial charge in [-0.25, -0.2) is 4.79 Å². The minimum atomic E-state index is -0.284. The van der Waals surface area contributed by atoms with Crippen LogP contribution in [0.15, 0.2) is 24.3 Å². The third-order valence-corrected chi connectivity index (χ3v) is 3.22. The quantitative estimate of drug-likeness (QED) is 0.903. The first-order chi connectivity index (χ1) is 9.27. The van der Waals surface area contributed by atoms with Crippen LogP contribution in [-0.4, -0.2) is 29.0 Å². The van der Waals surface area contributed by atoms with Gasteiger partial charge in [-0.15, -0.1) is 0 Å². The summed E-state index contributed by atoms with van der Waals surface area (Å²) in [6.45, 7) is 7.96. The summed E-state index contributed by atoms with van der Waals surface area (Å²) in [7, 11) is 0. The topological polar surface area (TPSA) is 58.6 Å². The molecule has 108 valence electrons. The van der Waals surface area contributed by atoms with Crippen LogP contribution in [0, 0.1) is 0 Å². The first kappa shape index (κ1) is 14.4. The lowest BCUT2D eigenvalue weighted by atomic mass is 10.0. The maximum atomic E-state index is 11.9. The molecule has 1 aromatic carbocycles. The van der Waals surface area contributed by atoms with Crippen molar-refractivity contribution in [1.82, 2.24) is 4.90 Å². The van der Waals surface area contributed by atoms with E-state index in [0.29, 0.717) is 6.54 Å². The minimum Gasteiger partial charge on any atom is -0.439 e. The van der Waals surface area contributed by atoms with Crippen LogP contribution in [0.25, 0.3) is 0 Å². The predicted molar refractivity (Wildman–Crippen MR) is 76.4 cm³/mol. The van der Waals surface area contributed by atoms with Gasteiger partial charge in [0.05, 0.1) is 6.54 Å². The molecule has 0 radical (unpaired) electrons. The van der Waals surface area contributed by atoms with Crippen molar-refractivity contribution in [3.8, 4) is 0 Å². The van der Waals surface area contributed by atoms with Crippen molar-refractivity contribution in [2.75, 3.05) is 11.9 Å². The number of anilines is 1. The summed E-state index contributed by atoms with van der Waals surface area (Å²) < 4.78 is 5.41. The maximum Gasteiger partial charge on any atom is 0.411 e. The van der Waals surface area contributed by atoms with E-state index in [-0.39, 0.29) is 23.6 Å². The van der Waals surface area contributed by atoms with Gasteiger partial charge in [-0.3, -0.25) is 9.69 Å². The Morgan fingerprint density at radius 2 is 1.90 bits per heavy atom. The number of benzene rings is 1. The molecule has 0 bridgehead atoms. The molecule has 1 aliphatic rings. The van der Waals surface area contributed by atoms with Crippen LogP contribution in [0.3, 0.4) is 0 Å². The summed E-state index contributed by atoms with van der Waals surface area (Å²) in [5, 5.41) is 2.71. The van der Waals surface area contributed by atoms with Gasteiger partial charge in [-0.1, -0.05) is 12.1 Å². The molecule has 5 nitrogen and oxygen atoms in total. The van der Waals surface area contributed by atoms with Crippen molar-refractivity contribution in [3.63, 3.8) is 0 Å². The average Bonchev–Trinajstić information content (AvgIpc) is 2.71. The summed E-state index contributed by atoms with van der Waals surface area (Å²) in [6, 6.07) is 7.36. The Bertz CT molecular complexity index is 517. The van der Waals surface area contributed by atoms with Gasteiger partial charge in [0.15, 0.2) is 0 Å². The van der Waals surface area contributed by atoms with Crippen molar-refractivity contribution in [2.45, 2.75) is 39.3 Å². The minimum absolute atomic E-state index is 0.107. The molecule has 0 aliphatic carbocycles. The van der Waals surface area contributed by atoms with E-state index in [0.717, 1.165) is 11.3 Å². The molecule has 1 saturated heterocycles. The fourth-order valence-electron chi connectivity index (χ4n) is 2.17. The fraction of sp³-hybridized carbons (Fsp3) is 0.467. The highest BCUT2D eigenvalue weighted by Gasteiger charge is 2.38. The molecule has 0 spiro atoms. The number of hydrogen-bond donors (Lipinski definition) is 1. The molecule has 2 amide bonds. The normalized spacial score (nSPS) is 18.9. The summed E-state index contributed by atoms with van der Waals surface area (Å²) >= 11 is 0. The monoisotopic (exact) mass is 276 g/mol. The summed E-state index contributed by atoms with van der Waals surface area (Å²) in [5.74, 6) is -0.107. The van der Waals surface area contributed by atoms with Gasteiger partial charge < -0.3 is 10.1 Å². The number of rotatable bonds is 2. The van der Waals surface area contributed by atoms with Gasteiger partial charge in [0.2, 0.25) is 5.91 Å². The van der Waals surface area contributed by atoms with E-state index >= 15 is 0 Å². The number of carbonyl (C=O) groups is 2. The summed E-state index contributed by atoms with van der Waals surface area (Å²) in [4.78, 5) is 24.5. The molecule has 0 aromatic heterocycles. The highest BCUT2D eigenvalue weighted by molar-refractivity contribution is 5.88. The highest BCUT2D eigenvalue weighted by Crippen LogP contribution is 2.31. The van der Waals surface area contributed by atoms with Crippen LogP contribution in [0.4, 0.5) is 10.5 Å². The van der Waals surface area contributed by atoms with Crippen LogP contribution < -0.4 is 5.32 Å². The maximum absolute atomic E-state index is 11.9. The van der Waals surface area contributed by atoms with Crippen LogP contribution in [-0.2, 0) is 9.53 Å². The molecule has 5 heteroatoms. The Labute approximate surface area is 118 Å². The van der Waals surface area contributed by atoms with Gasteiger partial charge in [-0.05, 0) is 38.5 Å². The molecule has 1 atom stereocenters. The van der Waals surface area contributed by atoms with Crippen LogP contribution in [0.5, 0.6) is 0 Å². The van der Waals surface area contributed by atoms with Crippen molar-refractivity contribution >= 4 is 17.7 Å². The van der Waals surface area contributed by atoms with Gasteiger partial charge in [-0.2, -0.15) is 0 Å². The average molecular weight is 276 g/mol. The standard InChI is InChI=1S/C15H20N2O3/c1-10(18)16-12-7-5-11(6-8-12)13-9-17(14(19)20-13)15(2,3)4/h5-8,13H,9H2,1-4H3,(H,16,18). The van der Waals surface area contributed by atoms with E-state index in [1.807, 2.05) is 45.0 Å². The number of nitrogens with zero attached hydrogens (tertiary/aromatic N) is 1.